The number of fused-ring (bicyclic) bond motifs is 1. The molecule has 0 radical (unpaired) electrons. The van der Waals surface area contributed by atoms with Crippen LogP contribution in [0.3, 0.4) is 0 Å². The van der Waals surface area contributed by atoms with Crippen LogP contribution in [0.4, 0.5) is 0 Å². The van der Waals surface area contributed by atoms with E-state index in [1.807, 2.05) is 0 Å². The van der Waals surface area contributed by atoms with Gasteiger partial charge in [-0.25, -0.2) is 4.79 Å². The molecule has 2 aliphatic rings. The van der Waals surface area contributed by atoms with Gasteiger partial charge < -0.3 is 19.7 Å². The average Bonchev–Trinajstić information content (AvgIpc) is 3.40. The summed E-state index contributed by atoms with van der Waals surface area (Å²) in [7, 11) is 0. The number of halogens is 1. The van der Waals surface area contributed by atoms with Gasteiger partial charge in [0.25, 0.3) is 0 Å². The largest absolute Gasteiger partial charge is 0.507 e. The molecule has 1 fully saturated rings. The maximum absolute atomic E-state index is 11.9. The van der Waals surface area contributed by atoms with Crippen LogP contribution in [0.25, 0.3) is 0 Å². The molecule has 2 N–H and O–H groups in total. The average molecular weight is 413 g/mol. The van der Waals surface area contributed by atoms with Gasteiger partial charge in [-0.05, 0) is 25.8 Å². The van der Waals surface area contributed by atoms with E-state index >= 15 is 0 Å². The van der Waals surface area contributed by atoms with Crippen LogP contribution >= 0.6 is 11.6 Å². The van der Waals surface area contributed by atoms with E-state index in [2.05, 4.69) is 13.8 Å². The van der Waals surface area contributed by atoms with E-state index in [-0.39, 0.29) is 41.6 Å². The van der Waals surface area contributed by atoms with Crippen molar-refractivity contribution in [3.05, 3.63) is 46.4 Å². The first-order chi connectivity index (χ1) is 13.3. The Bertz CT molecular complexity index is 674. The van der Waals surface area contributed by atoms with Crippen LogP contribution in [0.15, 0.2) is 46.4 Å². The lowest BCUT2D eigenvalue weighted by Crippen LogP contribution is -2.11. The number of aliphatic hydroxyl groups is 2. The summed E-state index contributed by atoms with van der Waals surface area (Å²) in [6.07, 6.45) is 9.06. The highest BCUT2D eigenvalue weighted by molar-refractivity contribution is 6.31. The summed E-state index contributed by atoms with van der Waals surface area (Å²) in [5.41, 5.74) is -0.0515. The van der Waals surface area contributed by atoms with Crippen LogP contribution in [0.5, 0.6) is 0 Å². The molecule has 0 aromatic carbocycles. The Morgan fingerprint density at radius 2 is 1.82 bits per heavy atom. The van der Waals surface area contributed by atoms with Crippen LogP contribution < -0.4 is 0 Å². The van der Waals surface area contributed by atoms with Crippen molar-refractivity contribution in [2.45, 2.75) is 65.1 Å². The number of ether oxygens (including phenoxy) is 2. The fourth-order valence-corrected chi connectivity index (χ4v) is 2.44. The summed E-state index contributed by atoms with van der Waals surface area (Å²) in [6, 6.07) is 0. The van der Waals surface area contributed by atoms with Gasteiger partial charge in [-0.3, -0.25) is 4.79 Å². The number of ketones is 1. The zero-order valence-electron chi connectivity index (χ0n) is 16.6. The van der Waals surface area contributed by atoms with Gasteiger partial charge in [0, 0.05) is 18.9 Å². The van der Waals surface area contributed by atoms with Crippen molar-refractivity contribution in [3.8, 4) is 0 Å². The fraction of sp³-hybridized carbons (Fsp3) is 0.524. The number of esters is 1. The Balaban J connectivity index is 0.00000122. The number of carbonyl (C=O) groups excluding carboxylic acids is 2. The standard InChI is InChI=1S/C18H21ClO6.C3H8/c1-11-14(21)10-15(22)13(19)7-6-12(20)4-2-3-5-16-17(25-16)8-9-24-18(11)23;1-3-2/h2,4,7,10,16-17,21-22H,3,5-6,8-9H2,1H3;3H2,1-2H3/b4-2+,13-7-,14-11-,15-10+;. The predicted octanol–water partition coefficient (Wildman–Crippen LogP) is 4.81. The van der Waals surface area contributed by atoms with E-state index < -0.39 is 17.5 Å². The summed E-state index contributed by atoms with van der Waals surface area (Å²) in [5, 5.41) is 19.6. The van der Waals surface area contributed by atoms with E-state index in [1.54, 1.807) is 6.08 Å². The molecular weight excluding hydrogens is 384 g/mol. The topological polar surface area (TPSA) is 96.4 Å². The van der Waals surface area contributed by atoms with Gasteiger partial charge in [0.15, 0.2) is 5.78 Å². The molecule has 0 saturated carbocycles. The first-order valence-corrected chi connectivity index (χ1v) is 9.86. The molecule has 0 aromatic rings. The number of cyclic esters (lactones) is 1. The van der Waals surface area contributed by atoms with Gasteiger partial charge in [-0.1, -0.05) is 44.0 Å². The normalized spacial score (nSPS) is 32.0. The van der Waals surface area contributed by atoms with Crippen LogP contribution in [0.2, 0.25) is 0 Å². The van der Waals surface area contributed by atoms with Crippen molar-refractivity contribution in [2.75, 3.05) is 6.61 Å². The fourth-order valence-electron chi connectivity index (χ4n) is 2.31. The van der Waals surface area contributed by atoms with Gasteiger partial charge >= 0.3 is 5.97 Å². The van der Waals surface area contributed by atoms with E-state index in [0.717, 1.165) is 12.5 Å². The van der Waals surface area contributed by atoms with Crippen molar-refractivity contribution >= 4 is 23.4 Å². The van der Waals surface area contributed by atoms with E-state index in [0.29, 0.717) is 12.8 Å². The number of rotatable bonds is 0. The second kappa shape index (κ2) is 12.4. The lowest BCUT2D eigenvalue weighted by Gasteiger charge is -2.06. The summed E-state index contributed by atoms with van der Waals surface area (Å²) in [6.45, 7) is 5.80. The maximum Gasteiger partial charge on any atom is 0.337 e. The minimum Gasteiger partial charge on any atom is -0.507 e. The molecule has 1 saturated heterocycles. The van der Waals surface area contributed by atoms with Crippen molar-refractivity contribution in [3.63, 3.8) is 0 Å². The van der Waals surface area contributed by atoms with Crippen molar-refractivity contribution < 1.29 is 29.3 Å². The molecule has 2 unspecified atom stereocenters. The molecular formula is C21H29ClO6. The SMILES string of the molecule is CCC.C\C1=C(O)/C=C(O)\C(Cl)=C\CC(=O)/C=C/CCC2OC2CCOC1=O. The summed E-state index contributed by atoms with van der Waals surface area (Å²) >= 11 is 5.88. The van der Waals surface area contributed by atoms with E-state index in [4.69, 9.17) is 21.1 Å². The zero-order chi connectivity index (χ0) is 21.1. The first kappa shape index (κ1) is 24.0. The number of epoxide rings is 1. The minimum atomic E-state index is -0.682. The molecule has 0 aliphatic carbocycles. The third kappa shape index (κ3) is 8.76. The molecule has 2 aliphatic heterocycles. The molecule has 0 aromatic heterocycles. The van der Waals surface area contributed by atoms with E-state index in [1.165, 1.54) is 25.5 Å². The monoisotopic (exact) mass is 412 g/mol. The number of carbonyl (C=O) groups is 2. The second-order valence-electron chi connectivity index (χ2n) is 6.59. The van der Waals surface area contributed by atoms with Crippen LogP contribution in [-0.2, 0) is 19.1 Å². The molecule has 2 rings (SSSR count). The molecule has 0 bridgehead atoms. The van der Waals surface area contributed by atoms with E-state index in [9.17, 15) is 19.8 Å². The predicted molar refractivity (Wildman–Crippen MR) is 108 cm³/mol. The summed E-state index contributed by atoms with van der Waals surface area (Å²) in [5.74, 6) is -1.74. The smallest absolute Gasteiger partial charge is 0.337 e. The lowest BCUT2D eigenvalue weighted by molar-refractivity contribution is -0.139. The van der Waals surface area contributed by atoms with Crippen molar-refractivity contribution in [1.82, 2.24) is 0 Å². The van der Waals surface area contributed by atoms with Crippen molar-refractivity contribution in [1.29, 1.82) is 0 Å². The summed E-state index contributed by atoms with van der Waals surface area (Å²) in [4.78, 5) is 23.6. The third-order valence-corrected chi connectivity index (χ3v) is 4.28. The molecule has 2 heterocycles. The molecule has 156 valence electrons. The van der Waals surface area contributed by atoms with Gasteiger partial charge in [-0.2, -0.15) is 0 Å². The molecule has 2 atom stereocenters. The van der Waals surface area contributed by atoms with Crippen LogP contribution in [0.1, 0.15) is 52.9 Å². The second-order valence-corrected chi connectivity index (χ2v) is 6.99. The number of hydrogen-bond acceptors (Lipinski definition) is 6. The van der Waals surface area contributed by atoms with Gasteiger partial charge in [0.05, 0.1) is 29.4 Å². The Labute approximate surface area is 171 Å². The lowest BCUT2D eigenvalue weighted by atomic mass is 10.1. The highest BCUT2D eigenvalue weighted by Crippen LogP contribution is 2.29. The summed E-state index contributed by atoms with van der Waals surface area (Å²) < 4.78 is 10.6. The molecule has 6 nitrogen and oxygen atoms in total. The Hall–Kier alpha value is -2.05. The molecule has 0 spiro atoms. The highest BCUT2D eigenvalue weighted by atomic mass is 35.5. The zero-order valence-corrected chi connectivity index (χ0v) is 17.4. The van der Waals surface area contributed by atoms with Crippen LogP contribution in [0, 0.1) is 0 Å². The minimum absolute atomic E-state index is 0.0152. The highest BCUT2D eigenvalue weighted by Gasteiger charge is 2.37. The number of allylic oxidation sites excluding steroid dienone is 5. The van der Waals surface area contributed by atoms with Crippen molar-refractivity contribution in [2.24, 2.45) is 0 Å². The Morgan fingerprint density at radius 1 is 1.18 bits per heavy atom. The van der Waals surface area contributed by atoms with Crippen LogP contribution in [-0.4, -0.2) is 40.8 Å². The third-order valence-electron chi connectivity index (χ3n) is 3.94. The maximum atomic E-state index is 11.9. The quantitative estimate of drug-likeness (QED) is 0.437. The molecule has 7 heteroatoms. The Morgan fingerprint density at radius 3 is 2.50 bits per heavy atom. The van der Waals surface area contributed by atoms with Gasteiger partial charge in [-0.15, -0.1) is 0 Å². The number of aliphatic hydroxyl groups excluding tert-OH is 2. The Kier molecular flexibility index (Phi) is 10.6. The molecule has 28 heavy (non-hydrogen) atoms. The number of hydrogen-bond donors (Lipinski definition) is 2. The van der Waals surface area contributed by atoms with Gasteiger partial charge in [0.1, 0.15) is 11.5 Å². The first-order valence-electron chi connectivity index (χ1n) is 9.48. The molecule has 0 amide bonds. The van der Waals surface area contributed by atoms with Gasteiger partial charge in [0.2, 0.25) is 0 Å².